The molecule has 0 amide bonds. The molecule has 0 bridgehead atoms. The Hall–Kier alpha value is -1.82. The molecule has 0 aliphatic heterocycles. The minimum Gasteiger partial charge on any atom is -0.487 e. The summed E-state index contributed by atoms with van der Waals surface area (Å²) in [6.07, 6.45) is 2.90. The Labute approximate surface area is 118 Å². The molecule has 2 rings (SSSR count). The molecule has 2 unspecified atom stereocenters. The largest absolute Gasteiger partial charge is 0.487 e. The van der Waals surface area contributed by atoms with E-state index >= 15 is 0 Å². The fraction of sp³-hybridized carbons (Fsp3) is 0.571. The topological polar surface area (TPSA) is 87.6 Å². The van der Waals surface area contributed by atoms with Crippen LogP contribution in [-0.4, -0.2) is 24.2 Å². The van der Waals surface area contributed by atoms with Gasteiger partial charge in [0, 0.05) is 5.92 Å². The van der Waals surface area contributed by atoms with Crippen LogP contribution in [0.3, 0.4) is 0 Å². The van der Waals surface area contributed by atoms with Crippen LogP contribution >= 0.6 is 0 Å². The highest BCUT2D eigenvalue weighted by molar-refractivity contribution is 5.57. The molecule has 110 valence electrons. The molecule has 1 aliphatic carbocycles. The first-order chi connectivity index (χ1) is 9.67. The summed E-state index contributed by atoms with van der Waals surface area (Å²) in [6, 6.07) is 4.91. The first kappa shape index (κ1) is 14.6. The summed E-state index contributed by atoms with van der Waals surface area (Å²) in [5.74, 6) is 0.786. The molecule has 0 aromatic heterocycles. The van der Waals surface area contributed by atoms with Crippen molar-refractivity contribution in [2.75, 3.05) is 13.2 Å². The predicted octanol–water partition coefficient (Wildman–Crippen LogP) is 2.50. The van der Waals surface area contributed by atoms with Crippen LogP contribution in [0.5, 0.6) is 11.5 Å². The van der Waals surface area contributed by atoms with Crippen molar-refractivity contribution in [3.05, 3.63) is 28.3 Å². The number of nitro benzene ring substituents is 1. The van der Waals surface area contributed by atoms with E-state index in [2.05, 4.69) is 0 Å². The monoisotopic (exact) mass is 280 g/mol. The molecule has 0 radical (unpaired) electrons. The van der Waals surface area contributed by atoms with Gasteiger partial charge in [-0.3, -0.25) is 10.1 Å². The summed E-state index contributed by atoms with van der Waals surface area (Å²) < 4.78 is 11.2. The van der Waals surface area contributed by atoms with E-state index in [4.69, 9.17) is 15.2 Å². The fourth-order valence-electron chi connectivity index (χ4n) is 2.64. The molecule has 6 nitrogen and oxygen atoms in total. The highest BCUT2D eigenvalue weighted by Gasteiger charge is 2.31. The highest BCUT2D eigenvalue weighted by Crippen LogP contribution is 2.39. The summed E-state index contributed by atoms with van der Waals surface area (Å²) in [4.78, 5) is 10.8. The van der Waals surface area contributed by atoms with Crippen LogP contribution in [0.2, 0.25) is 0 Å². The summed E-state index contributed by atoms with van der Waals surface area (Å²) >= 11 is 0. The van der Waals surface area contributed by atoms with E-state index in [0.717, 1.165) is 19.3 Å². The molecule has 0 heterocycles. The number of benzene rings is 1. The summed E-state index contributed by atoms with van der Waals surface area (Å²) in [5.41, 5.74) is 5.61. The molecule has 1 fully saturated rings. The van der Waals surface area contributed by atoms with E-state index in [-0.39, 0.29) is 29.2 Å². The molecule has 1 aliphatic rings. The van der Waals surface area contributed by atoms with Crippen molar-refractivity contribution >= 4 is 5.69 Å². The van der Waals surface area contributed by atoms with Gasteiger partial charge in [-0.1, -0.05) is 6.07 Å². The quantitative estimate of drug-likeness (QED) is 0.639. The van der Waals surface area contributed by atoms with Gasteiger partial charge in [-0.2, -0.15) is 0 Å². The number of hydrogen-bond acceptors (Lipinski definition) is 5. The van der Waals surface area contributed by atoms with Gasteiger partial charge in [-0.05, 0) is 44.9 Å². The third kappa shape index (κ3) is 3.01. The van der Waals surface area contributed by atoms with Gasteiger partial charge in [0.25, 0.3) is 0 Å². The van der Waals surface area contributed by atoms with Crippen molar-refractivity contribution in [1.29, 1.82) is 0 Å². The maximum absolute atomic E-state index is 11.3. The van der Waals surface area contributed by atoms with Crippen LogP contribution in [0, 0.1) is 16.0 Å². The standard InChI is InChI=1S/C14H20N2O4/c1-2-19-12-7-4-8-13(14(12)16(17)18)20-11-6-3-5-10(11)9-15/h4,7-8,10-11H,2-3,5-6,9,15H2,1H3. The third-order valence-electron chi connectivity index (χ3n) is 3.61. The summed E-state index contributed by atoms with van der Waals surface area (Å²) in [5, 5.41) is 11.3. The Morgan fingerprint density at radius 2 is 2.15 bits per heavy atom. The van der Waals surface area contributed by atoms with Gasteiger partial charge in [-0.15, -0.1) is 0 Å². The summed E-state index contributed by atoms with van der Waals surface area (Å²) in [6.45, 7) is 2.71. The number of ether oxygens (including phenoxy) is 2. The fourth-order valence-corrected chi connectivity index (χ4v) is 2.64. The van der Waals surface area contributed by atoms with Gasteiger partial charge in [-0.25, -0.2) is 0 Å². The van der Waals surface area contributed by atoms with Crippen molar-refractivity contribution in [2.24, 2.45) is 11.7 Å². The normalized spacial score (nSPS) is 21.7. The molecule has 1 aromatic rings. The minimum absolute atomic E-state index is 0.0458. The van der Waals surface area contributed by atoms with E-state index in [1.807, 2.05) is 0 Å². The van der Waals surface area contributed by atoms with Gasteiger partial charge in [0.15, 0.2) is 0 Å². The lowest BCUT2D eigenvalue weighted by Crippen LogP contribution is -2.27. The zero-order chi connectivity index (χ0) is 14.5. The number of nitro groups is 1. The van der Waals surface area contributed by atoms with E-state index in [1.54, 1.807) is 25.1 Å². The Bertz CT molecular complexity index is 478. The average molecular weight is 280 g/mol. The van der Waals surface area contributed by atoms with Gasteiger partial charge in [0.1, 0.15) is 6.10 Å². The van der Waals surface area contributed by atoms with Crippen molar-refractivity contribution in [3.63, 3.8) is 0 Å². The van der Waals surface area contributed by atoms with Crippen LogP contribution in [0.1, 0.15) is 26.2 Å². The maximum atomic E-state index is 11.3. The SMILES string of the molecule is CCOc1cccc(OC2CCCC2CN)c1[N+](=O)[O-]. The Morgan fingerprint density at radius 3 is 2.80 bits per heavy atom. The lowest BCUT2D eigenvalue weighted by molar-refractivity contribution is -0.387. The van der Waals surface area contributed by atoms with Crippen molar-refractivity contribution < 1.29 is 14.4 Å². The zero-order valence-electron chi connectivity index (χ0n) is 11.6. The highest BCUT2D eigenvalue weighted by atomic mass is 16.6. The maximum Gasteiger partial charge on any atom is 0.352 e. The molecule has 2 N–H and O–H groups in total. The number of nitrogens with zero attached hydrogens (tertiary/aromatic N) is 1. The van der Waals surface area contributed by atoms with E-state index in [0.29, 0.717) is 13.2 Å². The van der Waals surface area contributed by atoms with E-state index in [1.165, 1.54) is 0 Å². The smallest absolute Gasteiger partial charge is 0.352 e. The molecular weight excluding hydrogens is 260 g/mol. The zero-order valence-corrected chi connectivity index (χ0v) is 11.6. The lowest BCUT2D eigenvalue weighted by atomic mass is 10.1. The molecule has 1 saturated carbocycles. The van der Waals surface area contributed by atoms with Crippen molar-refractivity contribution in [1.82, 2.24) is 0 Å². The number of rotatable bonds is 6. The Balaban J connectivity index is 2.26. The summed E-state index contributed by atoms with van der Waals surface area (Å²) in [7, 11) is 0. The second kappa shape index (κ2) is 6.56. The molecule has 20 heavy (non-hydrogen) atoms. The molecule has 0 spiro atoms. The van der Waals surface area contributed by atoms with Gasteiger partial charge < -0.3 is 15.2 Å². The van der Waals surface area contributed by atoms with Crippen LogP contribution in [0.4, 0.5) is 5.69 Å². The van der Waals surface area contributed by atoms with Crippen LogP contribution in [0.25, 0.3) is 0 Å². The number of nitrogens with two attached hydrogens (primary N) is 1. The van der Waals surface area contributed by atoms with E-state index in [9.17, 15) is 10.1 Å². The van der Waals surface area contributed by atoms with E-state index < -0.39 is 4.92 Å². The first-order valence-corrected chi connectivity index (χ1v) is 6.94. The Morgan fingerprint density at radius 1 is 1.40 bits per heavy atom. The number of hydrogen-bond donors (Lipinski definition) is 1. The van der Waals surface area contributed by atoms with Gasteiger partial charge in [0.05, 0.1) is 11.5 Å². The minimum atomic E-state index is -0.452. The second-order valence-corrected chi connectivity index (χ2v) is 4.88. The predicted molar refractivity (Wildman–Crippen MR) is 75.1 cm³/mol. The van der Waals surface area contributed by atoms with Crippen molar-refractivity contribution in [2.45, 2.75) is 32.3 Å². The first-order valence-electron chi connectivity index (χ1n) is 6.94. The molecular formula is C14H20N2O4. The van der Waals surface area contributed by atoms with Crippen LogP contribution in [-0.2, 0) is 0 Å². The van der Waals surface area contributed by atoms with Crippen LogP contribution in [0.15, 0.2) is 18.2 Å². The van der Waals surface area contributed by atoms with Crippen LogP contribution < -0.4 is 15.2 Å². The Kier molecular flexibility index (Phi) is 4.79. The van der Waals surface area contributed by atoms with Crippen molar-refractivity contribution in [3.8, 4) is 11.5 Å². The average Bonchev–Trinajstić information content (AvgIpc) is 2.86. The third-order valence-corrected chi connectivity index (χ3v) is 3.61. The molecule has 2 atom stereocenters. The lowest BCUT2D eigenvalue weighted by Gasteiger charge is -2.20. The van der Waals surface area contributed by atoms with Gasteiger partial charge in [0.2, 0.25) is 11.5 Å². The van der Waals surface area contributed by atoms with Gasteiger partial charge >= 0.3 is 5.69 Å². The molecule has 1 aromatic carbocycles. The number of para-hydroxylation sites is 1. The molecule has 6 heteroatoms. The second-order valence-electron chi connectivity index (χ2n) is 4.88. The molecule has 0 saturated heterocycles.